The second kappa shape index (κ2) is 7.85. The average molecular weight is 377 g/mol. The molecule has 1 heterocycles. The van der Waals surface area contributed by atoms with Gasteiger partial charge >= 0.3 is 0 Å². The maximum Gasteiger partial charge on any atom is 0.254 e. The monoisotopic (exact) mass is 376 g/mol. The second-order valence-electron chi connectivity index (χ2n) is 6.25. The fourth-order valence-corrected chi connectivity index (χ4v) is 3.01. The molecule has 1 fully saturated rings. The SMILES string of the molecule is O=C1CN(C(=O)c2ccc(F)cc2)CC(O)CN1Cc1ccc(Cl)cc1. The third-order valence-electron chi connectivity index (χ3n) is 4.21. The summed E-state index contributed by atoms with van der Waals surface area (Å²) in [7, 11) is 0. The molecule has 0 aromatic heterocycles. The van der Waals surface area contributed by atoms with Gasteiger partial charge in [-0.05, 0) is 42.0 Å². The topological polar surface area (TPSA) is 60.9 Å². The summed E-state index contributed by atoms with van der Waals surface area (Å²) in [4.78, 5) is 27.9. The van der Waals surface area contributed by atoms with Gasteiger partial charge in [-0.15, -0.1) is 0 Å². The molecule has 136 valence electrons. The number of aliphatic hydroxyl groups is 1. The number of amides is 2. The molecule has 5 nitrogen and oxygen atoms in total. The first kappa shape index (κ1) is 18.4. The lowest BCUT2D eigenvalue weighted by Gasteiger charge is -2.22. The van der Waals surface area contributed by atoms with E-state index in [1.165, 1.54) is 34.1 Å². The summed E-state index contributed by atoms with van der Waals surface area (Å²) in [6.07, 6.45) is -0.863. The molecule has 1 unspecified atom stereocenters. The normalized spacial score (nSPS) is 18.0. The van der Waals surface area contributed by atoms with E-state index in [0.29, 0.717) is 11.6 Å². The van der Waals surface area contributed by atoms with Crippen LogP contribution in [-0.4, -0.2) is 52.5 Å². The molecular weight excluding hydrogens is 359 g/mol. The standard InChI is InChI=1S/C19H18ClFN2O3/c20-15-5-1-13(2-6-15)9-22-10-17(24)11-23(12-18(22)25)19(26)14-3-7-16(21)8-4-14/h1-8,17,24H,9-12H2. The van der Waals surface area contributed by atoms with Gasteiger partial charge in [0.05, 0.1) is 6.10 Å². The zero-order chi connectivity index (χ0) is 18.7. The molecule has 1 saturated heterocycles. The highest BCUT2D eigenvalue weighted by molar-refractivity contribution is 6.30. The van der Waals surface area contributed by atoms with E-state index < -0.39 is 17.8 Å². The average Bonchev–Trinajstić information content (AvgIpc) is 2.75. The molecule has 0 aliphatic carbocycles. The van der Waals surface area contributed by atoms with E-state index in [1.54, 1.807) is 12.1 Å². The Bertz CT molecular complexity index is 795. The van der Waals surface area contributed by atoms with Crippen molar-refractivity contribution in [2.75, 3.05) is 19.6 Å². The summed E-state index contributed by atoms with van der Waals surface area (Å²) in [6, 6.07) is 12.2. The number of β-amino-alcohol motifs (C(OH)–C–C–N with tert-alkyl or cyclic N) is 1. The lowest BCUT2D eigenvalue weighted by Crippen LogP contribution is -2.39. The van der Waals surface area contributed by atoms with Gasteiger partial charge in [0.1, 0.15) is 12.4 Å². The lowest BCUT2D eigenvalue weighted by atomic mass is 10.2. The van der Waals surface area contributed by atoms with E-state index in [2.05, 4.69) is 0 Å². The van der Waals surface area contributed by atoms with Crippen LogP contribution < -0.4 is 0 Å². The molecule has 1 N–H and O–H groups in total. The summed E-state index contributed by atoms with van der Waals surface area (Å²) in [6.45, 7) is 0.361. The molecule has 2 aromatic carbocycles. The van der Waals surface area contributed by atoms with Gasteiger partial charge in [0.2, 0.25) is 5.91 Å². The number of hydrogen-bond donors (Lipinski definition) is 1. The Balaban J connectivity index is 1.72. The lowest BCUT2D eigenvalue weighted by molar-refractivity contribution is -0.131. The van der Waals surface area contributed by atoms with Crippen molar-refractivity contribution < 1.29 is 19.1 Å². The first-order valence-corrected chi connectivity index (χ1v) is 8.55. The molecule has 0 spiro atoms. The van der Waals surface area contributed by atoms with Gasteiger partial charge in [-0.25, -0.2) is 4.39 Å². The van der Waals surface area contributed by atoms with Gasteiger partial charge in [-0.1, -0.05) is 23.7 Å². The maximum absolute atomic E-state index is 13.0. The molecule has 3 rings (SSSR count). The number of nitrogens with zero attached hydrogens (tertiary/aromatic N) is 2. The first-order chi connectivity index (χ1) is 12.4. The number of benzene rings is 2. The van der Waals surface area contributed by atoms with Gasteiger partial charge in [0.15, 0.2) is 0 Å². The number of rotatable bonds is 3. The fraction of sp³-hybridized carbons (Fsp3) is 0.263. The largest absolute Gasteiger partial charge is 0.389 e. The van der Waals surface area contributed by atoms with Crippen LogP contribution in [0.1, 0.15) is 15.9 Å². The Kier molecular flexibility index (Phi) is 5.54. The van der Waals surface area contributed by atoms with Crippen molar-refractivity contribution in [2.45, 2.75) is 12.6 Å². The van der Waals surface area contributed by atoms with Crippen LogP contribution in [0.3, 0.4) is 0 Å². The van der Waals surface area contributed by atoms with Gasteiger partial charge < -0.3 is 14.9 Å². The summed E-state index contributed by atoms with van der Waals surface area (Å²) in [5.41, 5.74) is 1.16. The van der Waals surface area contributed by atoms with Crippen molar-refractivity contribution in [1.29, 1.82) is 0 Å². The Morgan fingerprint density at radius 1 is 1.12 bits per heavy atom. The van der Waals surface area contributed by atoms with Crippen LogP contribution in [0.25, 0.3) is 0 Å². The van der Waals surface area contributed by atoms with Gasteiger partial charge in [-0.3, -0.25) is 9.59 Å². The molecule has 1 aliphatic heterocycles. The molecular formula is C19H18ClFN2O3. The van der Waals surface area contributed by atoms with Crippen LogP contribution in [0.5, 0.6) is 0 Å². The zero-order valence-electron chi connectivity index (χ0n) is 13.9. The van der Waals surface area contributed by atoms with Crippen molar-refractivity contribution in [3.8, 4) is 0 Å². The minimum Gasteiger partial charge on any atom is -0.389 e. The smallest absolute Gasteiger partial charge is 0.254 e. The highest BCUT2D eigenvalue weighted by Crippen LogP contribution is 2.15. The van der Waals surface area contributed by atoms with E-state index in [9.17, 15) is 19.1 Å². The molecule has 2 aromatic rings. The van der Waals surface area contributed by atoms with Crippen LogP contribution >= 0.6 is 11.6 Å². The molecule has 2 amide bonds. The Morgan fingerprint density at radius 2 is 1.77 bits per heavy atom. The summed E-state index contributed by atoms with van der Waals surface area (Å²) < 4.78 is 13.0. The molecule has 1 atom stereocenters. The van der Waals surface area contributed by atoms with Crippen molar-refractivity contribution in [3.63, 3.8) is 0 Å². The van der Waals surface area contributed by atoms with E-state index in [4.69, 9.17) is 11.6 Å². The predicted molar refractivity (Wildman–Crippen MR) is 95.2 cm³/mol. The maximum atomic E-state index is 13.0. The number of hydrogen-bond acceptors (Lipinski definition) is 3. The molecule has 0 radical (unpaired) electrons. The highest BCUT2D eigenvalue weighted by atomic mass is 35.5. The molecule has 0 saturated carbocycles. The van der Waals surface area contributed by atoms with Crippen molar-refractivity contribution >= 4 is 23.4 Å². The van der Waals surface area contributed by atoms with E-state index in [1.807, 2.05) is 12.1 Å². The van der Waals surface area contributed by atoms with E-state index in [-0.39, 0.29) is 31.1 Å². The molecule has 7 heteroatoms. The number of aliphatic hydroxyl groups excluding tert-OH is 1. The fourth-order valence-electron chi connectivity index (χ4n) is 2.89. The minimum atomic E-state index is -0.863. The molecule has 0 bridgehead atoms. The third-order valence-corrected chi connectivity index (χ3v) is 4.46. The number of carbonyl (C=O) groups excluding carboxylic acids is 2. The number of carbonyl (C=O) groups is 2. The molecule has 26 heavy (non-hydrogen) atoms. The van der Waals surface area contributed by atoms with Crippen LogP contribution in [0.15, 0.2) is 48.5 Å². The van der Waals surface area contributed by atoms with Gasteiger partial charge in [0, 0.05) is 30.2 Å². The van der Waals surface area contributed by atoms with Crippen LogP contribution in [-0.2, 0) is 11.3 Å². The second-order valence-corrected chi connectivity index (χ2v) is 6.68. The molecule has 1 aliphatic rings. The van der Waals surface area contributed by atoms with Crippen molar-refractivity contribution in [1.82, 2.24) is 9.80 Å². The predicted octanol–water partition coefficient (Wildman–Crippen LogP) is 2.32. The highest BCUT2D eigenvalue weighted by Gasteiger charge is 2.29. The van der Waals surface area contributed by atoms with Gasteiger partial charge in [0.25, 0.3) is 5.91 Å². The Morgan fingerprint density at radius 3 is 2.42 bits per heavy atom. The van der Waals surface area contributed by atoms with Crippen LogP contribution in [0, 0.1) is 5.82 Å². The van der Waals surface area contributed by atoms with Crippen LogP contribution in [0.2, 0.25) is 5.02 Å². The minimum absolute atomic E-state index is 0.0407. The summed E-state index contributed by atoms with van der Waals surface area (Å²) >= 11 is 5.87. The zero-order valence-corrected chi connectivity index (χ0v) is 14.7. The third kappa shape index (κ3) is 4.39. The number of halogens is 2. The van der Waals surface area contributed by atoms with Crippen molar-refractivity contribution in [2.24, 2.45) is 0 Å². The first-order valence-electron chi connectivity index (χ1n) is 8.17. The summed E-state index contributed by atoms with van der Waals surface area (Å²) in [5.74, 6) is -1.11. The van der Waals surface area contributed by atoms with E-state index in [0.717, 1.165) is 5.56 Å². The van der Waals surface area contributed by atoms with Crippen LogP contribution in [0.4, 0.5) is 4.39 Å². The van der Waals surface area contributed by atoms with Crippen molar-refractivity contribution in [3.05, 3.63) is 70.5 Å². The quantitative estimate of drug-likeness (QED) is 0.894. The van der Waals surface area contributed by atoms with Gasteiger partial charge in [-0.2, -0.15) is 0 Å². The Hall–Kier alpha value is -2.44. The summed E-state index contributed by atoms with van der Waals surface area (Å²) in [5, 5.41) is 10.8. The van der Waals surface area contributed by atoms with E-state index >= 15 is 0 Å². The Labute approximate surface area is 155 Å².